The fourth-order valence-corrected chi connectivity index (χ4v) is 9.70. The lowest BCUT2D eigenvalue weighted by molar-refractivity contribution is -0.393. The fraction of sp³-hybridized carbons (Fsp3) is 0.422. The number of carbonyl (C=O) groups is 4. The van der Waals surface area contributed by atoms with Gasteiger partial charge in [-0.2, -0.15) is 0 Å². The minimum Gasteiger partial charge on any atom is -0.453 e. The first-order valence-electron chi connectivity index (χ1n) is 20.6. The molecule has 2 aromatic heterocycles. The van der Waals surface area contributed by atoms with Crippen molar-refractivity contribution < 1.29 is 33.6 Å². The summed E-state index contributed by atoms with van der Waals surface area (Å²) in [6, 6.07) is 19.7. The van der Waals surface area contributed by atoms with E-state index in [1.54, 1.807) is 22.9 Å². The summed E-state index contributed by atoms with van der Waals surface area (Å²) < 4.78 is 9.59. The summed E-state index contributed by atoms with van der Waals surface area (Å²) in [5.74, 6) is 1.89. The average molecular weight is 834 g/mol. The number of hydrogen-bond acceptors (Lipinski definition) is 8. The number of aromatic amines is 3. The Kier molecular flexibility index (Phi) is 11.4. The molecule has 14 nitrogen and oxygen atoms in total. The lowest BCUT2D eigenvalue weighted by atomic mass is 9.98. The number of benzene rings is 3. The molecule has 2 aliphatic heterocycles. The highest BCUT2D eigenvalue weighted by atomic mass is 32.2. The zero-order valence-corrected chi connectivity index (χ0v) is 35.7. The Morgan fingerprint density at radius 2 is 1.37 bits per heavy atom. The molecular formula is C45H53N8O6S+. The number of imidazole rings is 2. The molecule has 15 heteroatoms. The number of nitrogens with one attached hydrogen (secondary N) is 5. The number of aromatic nitrogens is 4. The molecule has 4 heterocycles. The number of rotatable bonds is 11. The van der Waals surface area contributed by atoms with E-state index in [1.807, 2.05) is 38.8 Å². The first kappa shape index (κ1) is 40.9. The smallest absolute Gasteiger partial charge is 0.407 e. The zero-order chi connectivity index (χ0) is 42.3. The number of fused-ring (bicyclic) bond motifs is 1. The quantitative estimate of drug-likeness (QED) is 0.109. The van der Waals surface area contributed by atoms with Crippen LogP contribution < -0.4 is 15.6 Å². The zero-order valence-electron chi connectivity index (χ0n) is 34.8. The molecule has 0 unspecified atom stereocenters. The highest BCUT2D eigenvalue weighted by Gasteiger charge is 2.56. The second kappa shape index (κ2) is 16.7. The molecule has 0 bridgehead atoms. The van der Waals surface area contributed by atoms with Gasteiger partial charge < -0.3 is 34.9 Å². The molecule has 1 saturated carbocycles. The Morgan fingerprint density at radius 3 is 1.98 bits per heavy atom. The molecule has 3 aliphatic rings. The van der Waals surface area contributed by atoms with E-state index in [-0.39, 0.29) is 40.5 Å². The maximum atomic E-state index is 13.9. The molecule has 60 heavy (non-hydrogen) atoms. The van der Waals surface area contributed by atoms with E-state index in [1.165, 1.54) is 14.2 Å². The molecule has 1 aliphatic carbocycles. The second-order valence-electron chi connectivity index (χ2n) is 16.9. The number of methoxy groups -OCH3 is 2. The number of ether oxygens (including phenoxy) is 2. The van der Waals surface area contributed by atoms with Crippen molar-refractivity contribution in [3.63, 3.8) is 0 Å². The summed E-state index contributed by atoms with van der Waals surface area (Å²) in [6.07, 6.45) is 5.61. The molecule has 0 radical (unpaired) electrons. The first-order valence-corrected chi connectivity index (χ1v) is 21.6. The van der Waals surface area contributed by atoms with Crippen LogP contribution >= 0.6 is 11.8 Å². The Labute approximate surface area is 353 Å². The summed E-state index contributed by atoms with van der Waals surface area (Å²) >= 11 is 1.64. The first-order chi connectivity index (χ1) is 28.9. The molecular weight excluding hydrogens is 781 g/mol. The van der Waals surface area contributed by atoms with Gasteiger partial charge >= 0.3 is 12.2 Å². The molecule has 314 valence electrons. The molecule has 3 aromatic carbocycles. The standard InChI is InChI=1S/C45H52N8O6S/c1-25(2)36(50-43(56)58-5)40(54)52-17-18-60-42(52)39-47-22-33(49-39)28-9-7-27(8-10-28)29-11-12-31-20-32(14-13-30(31)19-29)34-23-46-38(48-34)35-21-45(15-16-45)24-53(35)41(55)37(26(3)4)51-44(57)59-6/h7-14,19-20,22-23,25-26,35-37,42H,15-18,21,24H2,1-6H3,(H,46,48)(H,47,49)(H,50,56)(H,51,57)/p+1/t35-,36-,37-,42-/m0/s1. The Morgan fingerprint density at radius 1 is 0.783 bits per heavy atom. The summed E-state index contributed by atoms with van der Waals surface area (Å²) in [5, 5.41) is 7.39. The van der Waals surface area contributed by atoms with Gasteiger partial charge in [-0.15, -0.1) is 11.8 Å². The van der Waals surface area contributed by atoms with E-state index in [4.69, 9.17) is 9.47 Å². The van der Waals surface area contributed by atoms with Crippen LogP contribution in [0.2, 0.25) is 0 Å². The van der Waals surface area contributed by atoms with Gasteiger partial charge in [0.1, 0.15) is 35.5 Å². The average Bonchev–Trinajstić information content (AvgIpc) is 3.79. The Balaban J connectivity index is 0.951. The van der Waals surface area contributed by atoms with Gasteiger partial charge in [0.25, 0.3) is 5.82 Å². The minimum absolute atomic E-state index is 0.0895. The topological polar surface area (TPSA) is 176 Å². The van der Waals surface area contributed by atoms with Crippen molar-refractivity contribution in [1.82, 2.24) is 35.4 Å². The van der Waals surface area contributed by atoms with Crippen molar-refractivity contribution in [2.75, 3.05) is 33.1 Å². The predicted molar refractivity (Wildman–Crippen MR) is 229 cm³/mol. The number of H-pyrrole nitrogens is 3. The van der Waals surface area contributed by atoms with Crippen molar-refractivity contribution in [2.45, 2.75) is 70.5 Å². The second-order valence-corrected chi connectivity index (χ2v) is 18.1. The number of hydrogen-bond donors (Lipinski definition) is 4. The number of alkyl carbamates (subject to hydrolysis) is 2. The third kappa shape index (κ3) is 8.19. The summed E-state index contributed by atoms with van der Waals surface area (Å²) in [5.41, 5.74) is 6.13. The van der Waals surface area contributed by atoms with Crippen LogP contribution in [0.3, 0.4) is 0 Å². The maximum Gasteiger partial charge on any atom is 0.407 e. The van der Waals surface area contributed by atoms with E-state index in [0.29, 0.717) is 18.9 Å². The van der Waals surface area contributed by atoms with Crippen LogP contribution in [0.5, 0.6) is 0 Å². The third-order valence-electron chi connectivity index (χ3n) is 12.2. The maximum absolute atomic E-state index is 13.9. The molecule has 5 N–H and O–H groups in total. The summed E-state index contributed by atoms with van der Waals surface area (Å²) in [7, 11) is 2.60. The van der Waals surface area contributed by atoms with Crippen LogP contribution in [-0.4, -0.2) is 93.9 Å². The number of nitrogens with zero attached hydrogens (tertiary/aromatic N) is 3. The van der Waals surface area contributed by atoms with Crippen molar-refractivity contribution in [1.29, 1.82) is 0 Å². The summed E-state index contributed by atoms with van der Waals surface area (Å²) in [4.78, 5) is 70.4. The van der Waals surface area contributed by atoms with Crippen molar-refractivity contribution in [3.05, 3.63) is 84.7 Å². The lowest BCUT2D eigenvalue weighted by Gasteiger charge is -2.29. The van der Waals surface area contributed by atoms with Gasteiger partial charge in [-0.3, -0.25) is 9.59 Å². The SMILES string of the molecule is COC(=O)N[C@H](C(=O)N1CC2(CC2)C[C@H]1c1[nH]c(-c2ccc3cc(-c4ccc(-c5cnc([C@@H]6SCCN6C(=O)[C@@H](NC(=O)OC)C(C)C)[nH]5)cc4)ccc3c2)c[nH+]1)C(C)C. The summed E-state index contributed by atoms with van der Waals surface area (Å²) in [6.45, 7) is 8.90. The van der Waals surface area contributed by atoms with Crippen LogP contribution in [-0.2, 0) is 19.1 Å². The van der Waals surface area contributed by atoms with Crippen LogP contribution in [0.25, 0.3) is 44.4 Å². The predicted octanol–water partition coefficient (Wildman–Crippen LogP) is 7.09. The number of thioether (sulfide) groups is 1. The number of likely N-dealkylation sites (tertiary alicyclic amines) is 1. The van der Waals surface area contributed by atoms with Crippen LogP contribution in [0, 0.1) is 17.3 Å². The minimum atomic E-state index is -0.699. The normalized spacial score (nSPS) is 19.2. The number of amides is 4. The van der Waals surface area contributed by atoms with Gasteiger partial charge in [-0.05, 0) is 82.2 Å². The molecule has 8 rings (SSSR count). The number of carbonyl (C=O) groups excluding carboxylic acids is 4. The van der Waals surface area contributed by atoms with E-state index in [0.717, 1.165) is 75.3 Å². The van der Waals surface area contributed by atoms with E-state index in [2.05, 4.69) is 91.2 Å². The lowest BCUT2D eigenvalue weighted by Crippen LogP contribution is -2.51. The molecule has 5 aromatic rings. The molecule has 4 amide bonds. The van der Waals surface area contributed by atoms with Gasteiger partial charge in [0, 0.05) is 24.4 Å². The molecule has 3 fully saturated rings. The highest BCUT2D eigenvalue weighted by molar-refractivity contribution is 7.99. The monoisotopic (exact) mass is 833 g/mol. The Hall–Kier alpha value is -5.83. The van der Waals surface area contributed by atoms with Gasteiger partial charge in [0.2, 0.25) is 11.8 Å². The van der Waals surface area contributed by atoms with Gasteiger partial charge in [0.15, 0.2) is 5.69 Å². The van der Waals surface area contributed by atoms with Gasteiger partial charge in [0.05, 0.1) is 26.1 Å². The van der Waals surface area contributed by atoms with E-state index < -0.39 is 24.3 Å². The van der Waals surface area contributed by atoms with Crippen molar-refractivity contribution in [3.8, 4) is 33.6 Å². The molecule has 2 saturated heterocycles. The molecule has 1 spiro atoms. The van der Waals surface area contributed by atoms with Gasteiger partial charge in [-0.25, -0.2) is 24.5 Å². The fourth-order valence-electron chi connectivity index (χ4n) is 8.51. The van der Waals surface area contributed by atoms with Crippen LogP contribution in [0.4, 0.5) is 9.59 Å². The van der Waals surface area contributed by atoms with Crippen LogP contribution in [0.15, 0.2) is 73.1 Å². The van der Waals surface area contributed by atoms with E-state index in [9.17, 15) is 19.2 Å². The van der Waals surface area contributed by atoms with E-state index >= 15 is 0 Å². The molecule has 4 atom stereocenters. The van der Waals surface area contributed by atoms with Gasteiger partial charge in [-0.1, -0.05) is 70.2 Å². The third-order valence-corrected chi connectivity index (χ3v) is 13.4. The Bertz CT molecular complexity index is 2410. The largest absolute Gasteiger partial charge is 0.453 e. The van der Waals surface area contributed by atoms with Crippen LogP contribution in [0.1, 0.15) is 70.0 Å². The van der Waals surface area contributed by atoms with Crippen molar-refractivity contribution in [2.24, 2.45) is 17.3 Å². The highest BCUT2D eigenvalue weighted by Crippen LogP contribution is 2.58. The van der Waals surface area contributed by atoms with Crippen molar-refractivity contribution >= 4 is 46.5 Å².